The first-order valence-electron chi connectivity index (χ1n) is 8.63. The van der Waals surface area contributed by atoms with Crippen molar-refractivity contribution in [2.24, 2.45) is 0 Å². The maximum atomic E-state index is 12.3. The van der Waals surface area contributed by atoms with Crippen molar-refractivity contribution in [1.29, 1.82) is 0 Å². The highest BCUT2D eigenvalue weighted by Crippen LogP contribution is 2.18. The fourth-order valence-electron chi connectivity index (χ4n) is 2.78. The summed E-state index contributed by atoms with van der Waals surface area (Å²) in [5, 5.41) is 3.39. The summed E-state index contributed by atoms with van der Waals surface area (Å²) in [5.41, 5.74) is 4.26. The number of hydrogen-bond acceptors (Lipinski definition) is 4. The van der Waals surface area contributed by atoms with Crippen molar-refractivity contribution in [2.45, 2.75) is 31.2 Å². The zero-order valence-electron chi connectivity index (χ0n) is 15.3. The van der Waals surface area contributed by atoms with Gasteiger partial charge in [-0.05, 0) is 42.7 Å². The average Bonchev–Trinajstić information content (AvgIpc) is 2.59. The molecule has 0 saturated heterocycles. The van der Waals surface area contributed by atoms with Crippen LogP contribution in [0.2, 0.25) is 0 Å². The molecule has 0 atom stereocenters. The Bertz CT molecular complexity index is 980. The second kappa shape index (κ2) is 8.68. The third-order valence-electron chi connectivity index (χ3n) is 3.84. The third kappa shape index (κ3) is 5.82. The van der Waals surface area contributed by atoms with Crippen LogP contribution in [0.1, 0.15) is 22.4 Å². The van der Waals surface area contributed by atoms with E-state index in [9.17, 15) is 9.59 Å². The van der Waals surface area contributed by atoms with Gasteiger partial charge in [0, 0.05) is 17.5 Å². The summed E-state index contributed by atoms with van der Waals surface area (Å²) in [5.74, 6) is 0.499. The first-order chi connectivity index (χ1) is 13.0. The Morgan fingerprint density at radius 1 is 1.07 bits per heavy atom. The van der Waals surface area contributed by atoms with E-state index in [1.807, 2.05) is 62.4 Å². The number of aromatic nitrogens is 2. The smallest absolute Gasteiger partial charge is 0.251 e. The van der Waals surface area contributed by atoms with E-state index in [1.165, 1.54) is 17.8 Å². The van der Waals surface area contributed by atoms with E-state index in [1.54, 1.807) is 0 Å². The summed E-state index contributed by atoms with van der Waals surface area (Å²) in [6.07, 6.45) is 0.0514. The van der Waals surface area contributed by atoms with Crippen molar-refractivity contribution < 1.29 is 4.79 Å². The normalized spacial score (nSPS) is 10.6. The van der Waals surface area contributed by atoms with Gasteiger partial charge < -0.3 is 10.3 Å². The molecule has 3 rings (SSSR count). The number of aromatic amines is 1. The molecule has 0 spiro atoms. The van der Waals surface area contributed by atoms with E-state index in [0.29, 0.717) is 16.6 Å². The Labute approximate surface area is 162 Å². The Hall–Kier alpha value is -2.86. The second-order valence-electron chi connectivity index (χ2n) is 6.42. The number of nitrogens with zero attached hydrogens (tertiary/aromatic N) is 1. The number of anilines is 1. The Balaban J connectivity index is 1.66. The molecule has 6 heteroatoms. The van der Waals surface area contributed by atoms with Gasteiger partial charge in [-0.1, -0.05) is 48.2 Å². The molecule has 2 aromatic carbocycles. The van der Waals surface area contributed by atoms with Crippen LogP contribution in [0.5, 0.6) is 0 Å². The minimum Gasteiger partial charge on any atom is -0.326 e. The number of carbonyl (C=O) groups excluding carboxylic acids is 1. The van der Waals surface area contributed by atoms with Gasteiger partial charge in [-0.25, -0.2) is 4.98 Å². The fourth-order valence-corrected chi connectivity index (χ4v) is 3.64. The lowest BCUT2D eigenvalue weighted by Crippen LogP contribution is -2.18. The highest BCUT2D eigenvalue weighted by molar-refractivity contribution is 7.98. The Kier molecular flexibility index (Phi) is 6.08. The van der Waals surface area contributed by atoms with Crippen LogP contribution >= 0.6 is 11.8 Å². The van der Waals surface area contributed by atoms with E-state index in [2.05, 4.69) is 15.3 Å². The zero-order valence-corrected chi connectivity index (χ0v) is 16.1. The third-order valence-corrected chi connectivity index (χ3v) is 4.78. The van der Waals surface area contributed by atoms with E-state index in [-0.39, 0.29) is 17.9 Å². The van der Waals surface area contributed by atoms with Crippen molar-refractivity contribution in [3.63, 3.8) is 0 Å². The molecule has 1 aromatic heterocycles. The molecule has 1 amide bonds. The van der Waals surface area contributed by atoms with Crippen molar-refractivity contribution in [3.05, 3.63) is 87.3 Å². The molecule has 0 unspecified atom stereocenters. The van der Waals surface area contributed by atoms with Crippen molar-refractivity contribution in [2.75, 3.05) is 5.32 Å². The summed E-state index contributed by atoms with van der Waals surface area (Å²) in [6, 6.07) is 17.2. The van der Waals surface area contributed by atoms with Crippen LogP contribution in [0.3, 0.4) is 0 Å². The summed E-state index contributed by atoms with van der Waals surface area (Å²) < 4.78 is 0. The summed E-state index contributed by atoms with van der Waals surface area (Å²) >= 11 is 1.44. The number of rotatable bonds is 6. The number of H-pyrrole nitrogens is 1. The van der Waals surface area contributed by atoms with Crippen molar-refractivity contribution in [1.82, 2.24) is 9.97 Å². The van der Waals surface area contributed by atoms with Crippen LogP contribution in [-0.4, -0.2) is 15.9 Å². The average molecular weight is 379 g/mol. The van der Waals surface area contributed by atoms with E-state index in [4.69, 9.17) is 0 Å². The van der Waals surface area contributed by atoms with Crippen LogP contribution in [0.25, 0.3) is 0 Å². The molecule has 0 radical (unpaired) electrons. The van der Waals surface area contributed by atoms with E-state index in [0.717, 1.165) is 22.4 Å². The molecule has 138 valence electrons. The van der Waals surface area contributed by atoms with Crippen LogP contribution < -0.4 is 10.9 Å². The van der Waals surface area contributed by atoms with Crippen molar-refractivity contribution >= 4 is 23.4 Å². The zero-order chi connectivity index (χ0) is 19.2. The maximum absolute atomic E-state index is 12.3. The van der Waals surface area contributed by atoms with Gasteiger partial charge in [0.1, 0.15) is 0 Å². The van der Waals surface area contributed by atoms with Gasteiger partial charge in [0.25, 0.3) is 5.56 Å². The molecule has 27 heavy (non-hydrogen) atoms. The fraction of sp³-hybridized carbons (Fsp3) is 0.190. The minimum atomic E-state index is -0.255. The largest absolute Gasteiger partial charge is 0.326 e. The number of carbonyl (C=O) groups is 1. The number of hydrogen-bond donors (Lipinski definition) is 2. The second-order valence-corrected chi connectivity index (χ2v) is 7.38. The summed E-state index contributed by atoms with van der Waals surface area (Å²) in [4.78, 5) is 31.4. The molecule has 0 bridgehead atoms. The van der Waals surface area contributed by atoms with Gasteiger partial charge in [-0.3, -0.25) is 9.59 Å². The number of benzene rings is 2. The lowest BCUT2D eigenvalue weighted by atomic mass is 10.1. The van der Waals surface area contributed by atoms with Crippen LogP contribution in [0.15, 0.2) is 64.5 Å². The Morgan fingerprint density at radius 3 is 2.48 bits per heavy atom. The van der Waals surface area contributed by atoms with Gasteiger partial charge in [0.15, 0.2) is 5.16 Å². The first-order valence-corrected chi connectivity index (χ1v) is 9.61. The van der Waals surface area contributed by atoms with Crippen LogP contribution in [0, 0.1) is 13.8 Å². The molecular formula is C21H21N3O2S. The highest BCUT2D eigenvalue weighted by Gasteiger charge is 2.09. The molecule has 2 N–H and O–H groups in total. The molecule has 1 heterocycles. The first kappa shape index (κ1) is 18.9. The number of aryl methyl sites for hydroxylation is 2. The molecule has 0 aliphatic heterocycles. The maximum Gasteiger partial charge on any atom is 0.251 e. The van der Waals surface area contributed by atoms with Crippen LogP contribution in [-0.2, 0) is 17.0 Å². The standard InChI is InChI=1S/C21H21N3O2S/c1-14-8-15(2)10-17(9-14)22-19(25)11-18-12-20(26)24-21(23-18)27-13-16-6-4-3-5-7-16/h3-10,12H,11,13H2,1-2H3,(H,22,25)(H,23,24,26). The molecule has 5 nitrogen and oxygen atoms in total. The van der Waals surface area contributed by atoms with E-state index < -0.39 is 0 Å². The lowest BCUT2D eigenvalue weighted by Gasteiger charge is -2.08. The quantitative estimate of drug-likeness (QED) is 0.504. The topological polar surface area (TPSA) is 74.8 Å². The van der Waals surface area contributed by atoms with Crippen LogP contribution in [0.4, 0.5) is 5.69 Å². The van der Waals surface area contributed by atoms with Gasteiger partial charge in [0.05, 0.1) is 12.1 Å². The molecule has 0 aliphatic rings. The predicted octanol–water partition coefficient (Wildman–Crippen LogP) is 3.86. The minimum absolute atomic E-state index is 0.0514. The molecular weight excluding hydrogens is 358 g/mol. The molecule has 0 fully saturated rings. The molecule has 0 aliphatic carbocycles. The summed E-state index contributed by atoms with van der Waals surface area (Å²) in [7, 11) is 0. The SMILES string of the molecule is Cc1cc(C)cc(NC(=O)Cc2cc(=O)[nH]c(SCc3ccccc3)n2)c1. The molecule has 3 aromatic rings. The Morgan fingerprint density at radius 2 is 1.78 bits per heavy atom. The monoisotopic (exact) mass is 379 g/mol. The predicted molar refractivity (Wildman–Crippen MR) is 109 cm³/mol. The van der Waals surface area contributed by atoms with Gasteiger partial charge in [0.2, 0.25) is 5.91 Å². The van der Waals surface area contributed by atoms with E-state index >= 15 is 0 Å². The number of thioether (sulfide) groups is 1. The summed E-state index contributed by atoms with van der Waals surface area (Å²) in [6.45, 7) is 3.97. The number of nitrogens with one attached hydrogen (secondary N) is 2. The molecule has 0 saturated carbocycles. The van der Waals surface area contributed by atoms with Gasteiger partial charge in [-0.2, -0.15) is 0 Å². The highest BCUT2D eigenvalue weighted by atomic mass is 32.2. The van der Waals surface area contributed by atoms with Gasteiger partial charge in [-0.15, -0.1) is 0 Å². The van der Waals surface area contributed by atoms with Gasteiger partial charge >= 0.3 is 0 Å². The van der Waals surface area contributed by atoms with Crippen molar-refractivity contribution in [3.8, 4) is 0 Å². The number of amides is 1. The lowest BCUT2D eigenvalue weighted by molar-refractivity contribution is -0.115.